The number of nitriles is 1. The Morgan fingerprint density at radius 1 is 1.50 bits per heavy atom. The smallest absolute Gasteiger partial charge is 0.337 e. The number of nitrogens with zero attached hydrogens (tertiary/aromatic N) is 1. The van der Waals surface area contributed by atoms with Crippen LogP contribution in [0.2, 0.25) is 0 Å². The molecule has 5 nitrogen and oxygen atoms in total. The molecular weight excluding hydrogens is 276 g/mol. The van der Waals surface area contributed by atoms with Crippen molar-refractivity contribution in [3.8, 4) is 6.07 Å². The van der Waals surface area contributed by atoms with Gasteiger partial charge in [-0.15, -0.1) is 11.8 Å². The Morgan fingerprint density at radius 3 is 2.65 bits per heavy atom. The Labute approximate surface area is 123 Å². The van der Waals surface area contributed by atoms with Crippen LogP contribution in [-0.2, 0) is 14.3 Å². The number of nitrogens with one attached hydrogen (secondary N) is 1. The number of carbonyl (C=O) groups excluding carboxylic acids is 2. The second kappa shape index (κ2) is 6.80. The van der Waals surface area contributed by atoms with Crippen molar-refractivity contribution in [2.45, 2.75) is 34.1 Å². The second-order valence-corrected chi connectivity index (χ2v) is 6.15. The molecule has 1 rings (SSSR count). The monoisotopic (exact) mass is 296 g/mol. The van der Waals surface area contributed by atoms with Crippen molar-refractivity contribution in [1.29, 1.82) is 5.26 Å². The maximum absolute atomic E-state index is 12.2. The van der Waals surface area contributed by atoms with Gasteiger partial charge in [0.25, 0.3) is 0 Å². The van der Waals surface area contributed by atoms with E-state index in [4.69, 9.17) is 4.74 Å². The molecule has 20 heavy (non-hydrogen) atoms. The molecule has 1 heterocycles. The fraction of sp³-hybridized carbons (Fsp3) is 0.643. The number of carbonyl (C=O) groups is 2. The van der Waals surface area contributed by atoms with Gasteiger partial charge in [-0.05, 0) is 19.1 Å². The number of rotatable bonds is 5. The number of esters is 1. The highest BCUT2D eigenvalue weighted by Gasteiger charge is 2.47. The molecule has 0 aromatic heterocycles. The highest BCUT2D eigenvalue weighted by atomic mass is 32.2. The van der Waals surface area contributed by atoms with Crippen molar-refractivity contribution in [2.75, 3.05) is 12.4 Å². The largest absolute Gasteiger partial charge is 0.463 e. The van der Waals surface area contributed by atoms with Crippen molar-refractivity contribution in [3.05, 3.63) is 10.6 Å². The molecule has 0 aliphatic carbocycles. The Bertz CT molecular complexity index is 477. The van der Waals surface area contributed by atoms with Gasteiger partial charge in [0.1, 0.15) is 5.92 Å². The van der Waals surface area contributed by atoms with Crippen LogP contribution in [0.3, 0.4) is 0 Å². The van der Waals surface area contributed by atoms with Crippen LogP contribution in [0, 0.1) is 22.7 Å². The summed E-state index contributed by atoms with van der Waals surface area (Å²) in [6.45, 7) is 7.48. The molecule has 1 unspecified atom stereocenters. The van der Waals surface area contributed by atoms with E-state index >= 15 is 0 Å². The van der Waals surface area contributed by atoms with Crippen LogP contribution in [-0.4, -0.2) is 24.2 Å². The van der Waals surface area contributed by atoms with E-state index in [9.17, 15) is 14.9 Å². The number of amides is 1. The molecule has 1 aliphatic heterocycles. The van der Waals surface area contributed by atoms with Crippen molar-refractivity contribution in [2.24, 2.45) is 11.3 Å². The molecule has 1 N–H and O–H groups in total. The predicted molar refractivity (Wildman–Crippen MR) is 77.4 cm³/mol. The summed E-state index contributed by atoms with van der Waals surface area (Å²) in [6.07, 6.45) is 0.919. The van der Waals surface area contributed by atoms with Crippen molar-refractivity contribution in [3.63, 3.8) is 0 Å². The molecule has 0 saturated carbocycles. The maximum atomic E-state index is 12.2. The molecule has 0 radical (unpaired) electrons. The van der Waals surface area contributed by atoms with Gasteiger partial charge in [-0.2, -0.15) is 5.26 Å². The van der Waals surface area contributed by atoms with E-state index in [1.54, 1.807) is 20.8 Å². The van der Waals surface area contributed by atoms with Crippen LogP contribution in [0.25, 0.3) is 0 Å². The van der Waals surface area contributed by atoms with Crippen LogP contribution < -0.4 is 5.32 Å². The number of hydrogen-bond donors (Lipinski definition) is 1. The Kier molecular flexibility index (Phi) is 5.63. The minimum atomic E-state index is -0.895. The summed E-state index contributed by atoms with van der Waals surface area (Å²) in [7, 11) is 0. The Morgan fingerprint density at radius 2 is 2.15 bits per heavy atom. The predicted octanol–water partition coefficient (Wildman–Crippen LogP) is 2.20. The minimum absolute atomic E-state index is 0.259. The average Bonchev–Trinajstić information content (AvgIpc) is 2.35. The van der Waals surface area contributed by atoms with E-state index in [-0.39, 0.29) is 12.5 Å². The first-order valence-corrected chi connectivity index (χ1v) is 7.63. The zero-order valence-electron chi connectivity index (χ0n) is 12.3. The lowest BCUT2D eigenvalue weighted by molar-refractivity contribution is -0.140. The SMILES string of the molecule is CCCSC1=C(C(=O)OCC)C(C)(C)C(C#N)C(=O)N1. The molecule has 110 valence electrons. The lowest BCUT2D eigenvalue weighted by Gasteiger charge is -2.36. The van der Waals surface area contributed by atoms with Gasteiger partial charge >= 0.3 is 5.97 Å². The van der Waals surface area contributed by atoms with Gasteiger partial charge < -0.3 is 10.1 Å². The van der Waals surface area contributed by atoms with Gasteiger partial charge in [-0.25, -0.2) is 4.79 Å². The molecule has 1 aliphatic rings. The number of ether oxygens (including phenoxy) is 1. The van der Waals surface area contributed by atoms with Crippen molar-refractivity contribution in [1.82, 2.24) is 5.32 Å². The van der Waals surface area contributed by atoms with Crippen LogP contribution in [0.15, 0.2) is 10.6 Å². The Hall–Kier alpha value is -1.48. The first-order chi connectivity index (χ1) is 9.39. The van der Waals surface area contributed by atoms with Gasteiger partial charge in [-0.3, -0.25) is 4.79 Å². The summed E-state index contributed by atoms with van der Waals surface area (Å²) in [5.41, 5.74) is -0.469. The second-order valence-electron chi connectivity index (χ2n) is 5.05. The van der Waals surface area contributed by atoms with Gasteiger partial charge in [0.2, 0.25) is 5.91 Å². The zero-order valence-corrected chi connectivity index (χ0v) is 13.1. The van der Waals surface area contributed by atoms with E-state index in [0.29, 0.717) is 10.6 Å². The van der Waals surface area contributed by atoms with Crippen molar-refractivity contribution >= 4 is 23.6 Å². The maximum Gasteiger partial charge on any atom is 0.337 e. The van der Waals surface area contributed by atoms with Crippen LogP contribution in [0.1, 0.15) is 34.1 Å². The van der Waals surface area contributed by atoms with E-state index in [0.717, 1.165) is 12.2 Å². The molecule has 0 spiro atoms. The third kappa shape index (κ3) is 3.15. The van der Waals surface area contributed by atoms with Crippen LogP contribution in [0.5, 0.6) is 0 Å². The van der Waals surface area contributed by atoms with E-state index < -0.39 is 17.3 Å². The number of hydrogen-bond acceptors (Lipinski definition) is 5. The third-order valence-corrected chi connectivity index (χ3v) is 4.36. The molecule has 1 atom stereocenters. The van der Waals surface area contributed by atoms with Crippen LogP contribution in [0.4, 0.5) is 0 Å². The molecule has 1 amide bonds. The summed E-state index contributed by atoms with van der Waals surface area (Å²) >= 11 is 1.42. The van der Waals surface area contributed by atoms with Gasteiger partial charge in [0.15, 0.2) is 0 Å². The topological polar surface area (TPSA) is 79.2 Å². The summed E-state index contributed by atoms with van der Waals surface area (Å²) in [4.78, 5) is 24.2. The normalized spacial score (nSPS) is 21.1. The van der Waals surface area contributed by atoms with Gasteiger partial charge in [0.05, 0.1) is 23.3 Å². The zero-order chi connectivity index (χ0) is 15.3. The number of thioether (sulfide) groups is 1. The summed E-state index contributed by atoms with van der Waals surface area (Å²) in [5, 5.41) is 12.4. The van der Waals surface area contributed by atoms with Gasteiger partial charge in [0, 0.05) is 5.41 Å². The lowest BCUT2D eigenvalue weighted by atomic mass is 9.71. The van der Waals surface area contributed by atoms with Crippen molar-refractivity contribution < 1.29 is 14.3 Å². The summed E-state index contributed by atoms with van der Waals surface area (Å²) < 4.78 is 5.08. The quantitative estimate of drug-likeness (QED) is 0.787. The van der Waals surface area contributed by atoms with E-state index in [1.165, 1.54) is 11.8 Å². The van der Waals surface area contributed by atoms with E-state index in [2.05, 4.69) is 5.32 Å². The first-order valence-electron chi connectivity index (χ1n) is 6.65. The fourth-order valence-corrected chi connectivity index (χ4v) is 3.17. The molecular formula is C14H20N2O3S. The minimum Gasteiger partial charge on any atom is -0.463 e. The standard InChI is InChI=1S/C14H20N2O3S/c1-5-7-20-12-10(13(18)19-6-2)14(3,4)9(8-15)11(17)16-12/h9H,5-7H2,1-4H3,(H,16,17). The molecule has 0 aromatic rings. The lowest BCUT2D eigenvalue weighted by Crippen LogP contribution is -2.47. The highest BCUT2D eigenvalue weighted by Crippen LogP contribution is 2.42. The molecule has 0 aromatic carbocycles. The van der Waals surface area contributed by atoms with E-state index in [1.807, 2.05) is 13.0 Å². The first kappa shape index (κ1) is 16.6. The fourth-order valence-electron chi connectivity index (χ4n) is 2.10. The highest BCUT2D eigenvalue weighted by molar-refractivity contribution is 8.03. The molecule has 0 saturated heterocycles. The van der Waals surface area contributed by atoms with Crippen LogP contribution >= 0.6 is 11.8 Å². The Balaban J connectivity index is 3.29. The van der Waals surface area contributed by atoms with Gasteiger partial charge in [-0.1, -0.05) is 20.8 Å². The third-order valence-electron chi connectivity index (χ3n) is 3.15. The average molecular weight is 296 g/mol. The molecule has 0 bridgehead atoms. The molecule has 0 fully saturated rings. The summed E-state index contributed by atoms with van der Waals surface area (Å²) in [5.74, 6) is -0.931. The molecule has 6 heteroatoms. The summed E-state index contributed by atoms with van der Waals surface area (Å²) in [6, 6.07) is 1.98.